The quantitative estimate of drug-likeness (QED) is 0.484. The van der Waals surface area contributed by atoms with E-state index in [0.717, 1.165) is 47.6 Å². The van der Waals surface area contributed by atoms with Gasteiger partial charge in [0.05, 0.1) is 11.0 Å². The minimum absolute atomic E-state index is 0.0645. The number of nitrogens with two attached hydrogens (primary N) is 1. The number of fused-ring (bicyclic) bond motifs is 2. The number of rotatable bonds is 8. The van der Waals surface area contributed by atoms with Crippen molar-refractivity contribution in [2.45, 2.75) is 32.2 Å². The van der Waals surface area contributed by atoms with Crippen molar-refractivity contribution in [2.75, 3.05) is 13.1 Å². The average Bonchev–Trinajstić information content (AvgIpc) is 2.68. The molecule has 3 N–H and O–H groups in total. The van der Waals surface area contributed by atoms with Gasteiger partial charge in [-0.25, -0.2) is 0 Å². The summed E-state index contributed by atoms with van der Waals surface area (Å²) in [7, 11) is 0. The third-order valence-electron chi connectivity index (χ3n) is 4.63. The molecule has 0 aliphatic heterocycles. The van der Waals surface area contributed by atoms with Crippen molar-refractivity contribution in [2.24, 2.45) is 5.73 Å². The summed E-state index contributed by atoms with van der Waals surface area (Å²) in [6, 6.07) is 15.5. The Morgan fingerprint density at radius 3 is 2.15 bits per heavy atom. The topological polar surface area (TPSA) is 77.1 Å². The fourth-order valence-corrected chi connectivity index (χ4v) is 3.35. The number of aromatic nitrogens is 1. The van der Waals surface area contributed by atoms with Crippen LogP contribution in [0.3, 0.4) is 0 Å². The van der Waals surface area contributed by atoms with E-state index in [9.17, 15) is 9.59 Å². The molecule has 0 atom stereocenters. The van der Waals surface area contributed by atoms with Gasteiger partial charge in [0.1, 0.15) is 0 Å². The third-order valence-corrected chi connectivity index (χ3v) is 4.63. The van der Waals surface area contributed by atoms with Crippen molar-refractivity contribution < 1.29 is 4.79 Å². The maximum absolute atomic E-state index is 12.7. The first-order valence-electron chi connectivity index (χ1n) is 9.19. The van der Waals surface area contributed by atoms with Crippen LogP contribution in [-0.2, 0) is 11.3 Å². The molecule has 26 heavy (non-hydrogen) atoms. The molecule has 5 nitrogen and oxygen atoms in total. The van der Waals surface area contributed by atoms with Crippen molar-refractivity contribution in [1.29, 1.82) is 0 Å². The van der Waals surface area contributed by atoms with Crippen LogP contribution < -0.4 is 16.5 Å². The number of pyridine rings is 1. The van der Waals surface area contributed by atoms with Crippen LogP contribution in [0.4, 0.5) is 0 Å². The molecule has 1 heterocycles. The molecule has 0 aliphatic rings. The van der Waals surface area contributed by atoms with Gasteiger partial charge in [-0.2, -0.15) is 0 Å². The van der Waals surface area contributed by atoms with Gasteiger partial charge in [0, 0.05) is 36.8 Å². The largest absolute Gasteiger partial charge is 0.355 e. The number of para-hydroxylation sites is 2. The molecule has 0 spiro atoms. The minimum atomic E-state index is 0.0645. The highest BCUT2D eigenvalue weighted by Crippen LogP contribution is 2.20. The lowest BCUT2D eigenvalue weighted by Gasteiger charge is -2.15. The number of benzene rings is 2. The number of nitrogens with zero attached hydrogens (tertiary/aromatic N) is 1. The Kier molecular flexibility index (Phi) is 6.02. The number of hydrogen-bond donors (Lipinski definition) is 2. The fourth-order valence-electron chi connectivity index (χ4n) is 3.35. The van der Waals surface area contributed by atoms with Gasteiger partial charge in [-0.1, -0.05) is 30.7 Å². The Morgan fingerprint density at radius 2 is 1.54 bits per heavy atom. The van der Waals surface area contributed by atoms with E-state index in [1.807, 2.05) is 48.5 Å². The van der Waals surface area contributed by atoms with Gasteiger partial charge in [0.25, 0.3) is 0 Å². The average molecular weight is 351 g/mol. The smallest absolute Gasteiger partial charge is 0.220 e. The molecule has 2 aromatic carbocycles. The molecule has 136 valence electrons. The molecule has 0 radical (unpaired) electrons. The van der Waals surface area contributed by atoms with Crippen molar-refractivity contribution >= 4 is 27.7 Å². The highest BCUT2D eigenvalue weighted by atomic mass is 16.1. The van der Waals surface area contributed by atoms with Crippen LogP contribution in [0.25, 0.3) is 21.8 Å². The van der Waals surface area contributed by atoms with E-state index < -0.39 is 0 Å². The second-order valence-electron chi connectivity index (χ2n) is 6.46. The highest BCUT2D eigenvalue weighted by molar-refractivity contribution is 5.93. The lowest BCUT2D eigenvalue weighted by Crippen LogP contribution is -2.28. The molecule has 0 fully saturated rings. The summed E-state index contributed by atoms with van der Waals surface area (Å²) < 4.78 is 2.22. The highest BCUT2D eigenvalue weighted by Gasteiger charge is 2.09. The number of aryl methyl sites for hydroxylation is 1. The van der Waals surface area contributed by atoms with E-state index in [0.29, 0.717) is 19.5 Å². The van der Waals surface area contributed by atoms with Crippen LogP contribution in [-0.4, -0.2) is 23.6 Å². The number of carbonyl (C=O) groups excluding carboxylic acids is 1. The second-order valence-corrected chi connectivity index (χ2v) is 6.46. The van der Waals surface area contributed by atoms with Crippen molar-refractivity contribution in [3.05, 3.63) is 58.8 Å². The first-order valence-corrected chi connectivity index (χ1v) is 9.19. The Morgan fingerprint density at radius 1 is 0.923 bits per heavy atom. The van der Waals surface area contributed by atoms with Gasteiger partial charge in [-0.05, 0) is 37.1 Å². The van der Waals surface area contributed by atoms with E-state index in [1.165, 1.54) is 0 Å². The number of carbonyl (C=O) groups is 1. The molecule has 0 unspecified atom stereocenters. The first-order chi connectivity index (χ1) is 12.7. The molecule has 1 aromatic heterocycles. The summed E-state index contributed by atoms with van der Waals surface area (Å²) in [5.41, 5.74) is 7.41. The van der Waals surface area contributed by atoms with E-state index in [1.54, 1.807) is 0 Å². The third kappa shape index (κ3) is 3.94. The Balaban J connectivity index is 1.74. The molecule has 1 amide bonds. The molecule has 0 bridgehead atoms. The summed E-state index contributed by atoms with van der Waals surface area (Å²) in [5.74, 6) is 0.0645. The monoisotopic (exact) mass is 351 g/mol. The zero-order valence-electron chi connectivity index (χ0n) is 14.9. The van der Waals surface area contributed by atoms with E-state index in [-0.39, 0.29) is 11.3 Å². The van der Waals surface area contributed by atoms with Gasteiger partial charge in [-0.3, -0.25) is 9.59 Å². The molecular formula is C21H25N3O2. The summed E-state index contributed by atoms with van der Waals surface area (Å²) in [4.78, 5) is 24.3. The van der Waals surface area contributed by atoms with Gasteiger partial charge in [0.2, 0.25) is 5.91 Å². The Hall–Kier alpha value is -2.66. The molecule has 3 aromatic rings. The zero-order chi connectivity index (χ0) is 18.4. The SMILES string of the molecule is NCCNC(=O)CCCCCn1c2ccccc2c(=O)c2ccccc21. The standard InChI is InChI=1S/C21H25N3O2/c22-13-14-23-20(25)12-2-1-7-15-24-18-10-5-3-8-16(18)21(26)17-9-4-6-11-19(17)24/h3-6,8-11H,1-2,7,12-15,22H2,(H,23,25). The van der Waals surface area contributed by atoms with Crippen LogP contribution in [0.15, 0.2) is 53.3 Å². The Bertz CT molecular complexity index is 902. The lowest BCUT2D eigenvalue weighted by atomic mass is 10.1. The van der Waals surface area contributed by atoms with Gasteiger partial charge in [-0.15, -0.1) is 0 Å². The van der Waals surface area contributed by atoms with Gasteiger partial charge >= 0.3 is 0 Å². The number of unbranched alkanes of at least 4 members (excludes halogenated alkanes) is 2. The van der Waals surface area contributed by atoms with Crippen molar-refractivity contribution in [1.82, 2.24) is 9.88 Å². The molecule has 0 aliphatic carbocycles. The van der Waals surface area contributed by atoms with Crippen molar-refractivity contribution in [3.8, 4) is 0 Å². The predicted octanol–water partition coefficient (Wildman–Crippen LogP) is 2.79. The predicted molar refractivity (Wildman–Crippen MR) is 106 cm³/mol. The summed E-state index contributed by atoms with van der Waals surface area (Å²) >= 11 is 0. The lowest BCUT2D eigenvalue weighted by molar-refractivity contribution is -0.121. The number of amides is 1. The van der Waals surface area contributed by atoms with Crippen molar-refractivity contribution in [3.63, 3.8) is 0 Å². The molecular weight excluding hydrogens is 326 g/mol. The molecule has 0 saturated heterocycles. The summed E-state index contributed by atoms with van der Waals surface area (Å²) in [5, 5.41) is 4.31. The van der Waals surface area contributed by atoms with Crippen LogP contribution in [0.5, 0.6) is 0 Å². The van der Waals surface area contributed by atoms with Crippen LogP contribution in [0, 0.1) is 0 Å². The summed E-state index contributed by atoms with van der Waals surface area (Å²) in [6.45, 7) is 1.83. The number of nitrogens with one attached hydrogen (secondary N) is 1. The first kappa shape index (κ1) is 18.1. The summed E-state index contributed by atoms with van der Waals surface area (Å²) in [6.07, 6.45) is 3.31. The van der Waals surface area contributed by atoms with Crippen LogP contribution in [0.2, 0.25) is 0 Å². The second kappa shape index (κ2) is 8.63. The van der Waals surface area contributed by atoms with E-state index in [4.69, 9.17) is 5.73 Å². The van der Waals surface area contributed by atoms with Crippen LogP contribution >= 0.6 is 0 Å². The van der Waals surface area contributed by atoms with E-state index >= 15 is 0 Å². The van der Waals surface area contributed by atoms with Crippen LogP contribution in [0.1, 0.15) is 25.7 Å². The fraction of sp³-hybridized carbons (Fsp3) is 0.333. The maximum Gasteiger partial charge on any atom is 0.220 e. The zero-order valence-corrected chi connectivity index (χ0v) is 14.9. The van der Waals surface area contributed by atoms with E-state index in [2.05, 4.69) is 9.88 Å². The number of hydrogen-bond acceptors (Lipinski definition) is 3. The minimum Gasteiger partial charge on any atom is -0.355 e. The molecule has 3 rings (SSSR count). The molecule has 0 saturated carbocycles. The Labute approximate surface area is 152 Å². The van der Waals surface area contributed by atoms with Gasteiger partial charge < -0.3 is 15.6 Å². The maximum atomic E-state index is 12.7. The van der Waals surface area contributed by atoms with Gasteiger partial charge in [0.15, 0.2) is 5.43 Å². The molecule has 5 heteroatoms. The normalized spacial score (nSPS) is 11.1.